The van der Waals surface area contributed by atoms with Crippen molar-refractivity contribution in [3.05, 3.63) is 82.5 Å². The number of methoxy groups -OCH3 is 1. The molecule has 3 fully saturated rings. The number of hydrogen-bond donors (Lipinski definition) is 8. The average Bonchev–Trinajstić information content (AvgIpc) is 3.66. The lowest BCUT2D eigenvalue weighted by Crippen LogP contribution is -2.70. The maximum Gasteiger partial charge on any atom is 0.336 e. The molecule has 1 aromatic heterocycles. The number of benzene rings is 3. The van der Waals surface area contributed by atoms with Gasteiger partial charge in [-0.25, -0.2) is 4.79 Å². The van der Waals surface area contributed by atoms with Gasteiger partial charge in [-0.3, -0.25) is 4.79 Å². The van der Waals surface area contributed by atoms with E-state index in [-0.39, 0.29) is 41.9 Å². The molecule has 3 aromatic carbocycles. The van der Waals surface area contributed by atoms with Crippen LogP contribution < -0.4 is 30.3 Å². The molecule has 288 valence electrons. The number of phenols is 1. The highest BCUT2D eigenvalue weighted by molar-refractivity contribution is 5.89. The molecule has 7 rings (SSSR count). The second kappa shape index (κ2) is 15.2. The van der Waals surface area contributed by atoms with Gasteiger partial charge in [0.25, 0.3) is 0 Å². The molecular formula is C39H44N2O13. The molecule has 54 heavy (non-hydrogen) atoms. The number of aliphatic carboxylic acids is 1. The van der Waals surface area contributed by atoms with E-state index >= 15 is 0 Å². The first kappa shape index (κ1) is 37.6. The van der Waals surface area contributed by atoms with Crippen LogP contribution >= 0.6 is 0 Å². The molecular weight excluding hydrogens is 704 g/mol. The molecule has 1 saturated carbocycles. The summed E-state index contributed by atoms with van der Waals surface area (Å²) in [4.78, 5) is 26.1. The first-order chi connectivity index (χ1) is 25.9. The highest BCUT2D eigenvalue weighted by Gasteiger charge is 2.59. The Kier molecular flexibility index (Phi) is 10.6. The molecule has 2 aliphatic heterocycles. The Bertz CT molecular complexity index is 2020. The molecule has 0 amide bonds. The highest BCUT2D eigenvalue weighted by Crippen LogP contribution is 2.48. The van der Waals surface area contributed by atoms with E-state index in [9.17, 15) is 40.2 Å². The van der Waals surface area contributed by atoms with Gasteiger partial charge in [0.15, 0.2) is 23.0 Å². The van der Waals surface area contributed by atoms with Gasteiger partial charge < -0.3 is 64.6 Å². The number of hydrogen-bond acceptors (Lipinski definition) is 14. The fraction of sp³-hybridized carbons (Fsp3) is 0.436. The second-order valence-corrected chi connectivity index (χ2v) is 14.3. The number of aliphatic hydroxyl groups is 4. The number of fused-ring (bicyclic) bond motifs is 1. The Balaban J connectivity index is 1.27. The van der Waals surface area contributed by atoms with Crippen molar-refractivity contribution >= 4 is 16.9 Å². The van der Waals surface area contributed by atoms with Gasteiger partial charge in [-0.05, 0) is 61.4 Å². The zero-order chi connectivity index (χ0) is 38.2. The van der Waals surface area contributed by atoms with Crippen LogP contribution in [-0.4, -0.2) is 99.0 Å². The number of phenolic OH excluding ortho intramolecular Hbond substituents is 1. The topological polar surface area (TPSA) is 230 Å². The van der Waals surface area contributed by atoms with Gasteiger partial charge in [-0.1, -0.05) is 30.3 Å². The Hall–Kier alpha value is -4.74. The van der Waals surface area contributed by atoms with Crippen LogP contribution in [-0.2, 0) is 16.0 Å². The number of rotatable bonds is 11. The van der Waals surface area contributed by atoms with Gasteiger partial charge in [0, 0.05) is 49.8 Å². The van der Waals surface area contributed by atoms with Gasteiger partial charge in [-0.2, -0.15) is 0 Å². The predicted molar refractivity (Wildman–Crippen MR) is 192 cm³/mol. The van der Waals surface area contributed by atoms with Crippen LogP contribution in [0.2, 0.25) is 0 Å². The number of carbonyl (C=O) groups is 1. The molecule has 4 aromatic rings. The fourth-order valence-corrected chi connectivity index (χ4v) is 7.80. The van der Waals surface area contributed by atoms with Gasteiger partial charge >= 0.3 is 5.97 Å². The van der Waals surface area contributed by atoms with Crippen molar-refractivity contribution in [2.24, 2.45) is 5.92 Å². The van der Waals surface area contributed by atoms with Crippen LogP contribution in [0.3, 0.4) is 0 Å². The predicted octanol–water partition coefficient (Wildman–Crippen LogP) is 2.22. The first-order valence-electron chi connectivity index (χ1n) is 17.9. The molecule has 3 aliphatic rings. The van der Waals surface area contributed by atoms with Crippen LogP contribution in [0.25, 0.3) is 22.3 Å². The summed E-state index contributed by atoms with van der Waals surface area (Å²) in [5.74, 6) is -4.42. The third-order valence-electron chi connectivity index (χ3n) is 10.5. The van der Waals surface area contributed by atoms with Gasteiger partial charge in [0.1, 0.15) is 40.3 Å². The third kappa shape index (κ3) is 7.48. The Morgan fingerprint density at radius 3 is 2.50 bits per heavy atom. The fourth-order valence-electron chi connectivity index (χ4n) is 7.80. The van der Waals surface area contributed by atoms with Crippen LogP contribution in [0.1, 0.15) is 37.7 Å². The summed E-state index contributed by atoms with van der Waals surface area (Å²) in [6, 6.07) is 18.4. The van der Waals surface area contributed by atoms with Crippen molar-refractivity contribution < 1.29 is 58.8 Å². The first-order valence-corrected chi connectivity index (χ1v) is 17.9. The van der Waals surface area contributed by atoms with Crippen molar-refractivity contribution in [2.75, 3.05) is 20.3 Å². The summed E-state index contributed by atoms with van der Waals surface area (Å²) in [6.07, 6.45) is -6.03. The van der Waals surface area contributed by atoms with E-state index in [2.05, 4.69) is 10.6 Å². The SMILES string of the molecule is COc1ccc(-c2cc(=O)c3c(O)c(OC4(O)CCCC(Cc5ccccc5)C4)c(OC4OC(C(=O)O)C(O)(CC5CNCN5)C(O)C4O)cc3o2)cc1. The van der Waals surface area contributed by atoms with Crippen LogP contribution in [0.15, 0.2) is 75.9 Å². The van der Waals surface area contributed by atoms with Gasteiger partial charge in [0.05, 0.1) is 7.11 Å². The van der Waals surface area contributed by atoms with Gasteiger partial charge in [0.2, 0.25) is 17.8 Å². The summed E-state index contributed by atoms with van der Waals surface area (Å²) in [6.45, 7) is 0.765. The minimum Gasteiger partial charge on any atom is -0.504 e. The Morgan fingerprint density at radius 2 is 1.81 bits per heavy atom. The standard InChI is InChI=1S/C39H44N2O13/c1-50-25-11-9-23(10-12-25)27-15-26(42)30-28(51-27)16-29(33(31(30)43)54-38(48)13-5-8-22(17-38)14-21-6-3-2-4-7-21)52-37-32(44)34(45)39(49,35(53-37)36(46)47)18-24-19-40-20-41-24/h2-4,6-7,9-12,15-16,22,24,32,34-35,37,40-41,43-45,48-49H,5,8,13-14,17-20H2,1H3,(H,46,47). The number of carboxylic acids is 1. The molecule has 8 N–H and O–H groups in total. The van der Waals surface area contributed by atoms with Crippen molar-refractivity contribution in [1.29, 1.82) is 0 Å². The molecule has 3 heterocycles. The maximum absolute atomic E-state index is 13.6. The van der Waals surface area contributed by atoms with Gasteiger partial charge in [-0.15, -0.1) is 0 Å². The number of nitrogens with one attached hydrogen (secondary N) is 2. The van der Waals surface area contributed by atoms with Crippen LogP contribution in [0, 0.1) is 5.92 Å². The Labute approximate surface area is 309 Å². The molecule has 1 aliphatic carbocycles. The summed E-state index contributed by atoms with van der Waals surface area (Å²) in [5.41, 5.74) is -1.69. The minimum atomic E-state index is -2.44. The van der Waals surface area contributed by atoms with Crippen molar-refractivity contribution in [2.45, 2.75) is 80.6 Å². The molecule has 8 atom stereocenters. The summed E-state index contributed by atoms with van der Waals surface area (Å²) < 4.78 is 29.2. The van der Waals surface area contributed by atoms with Crippen molar-refractivity contribution in [3.8, 4) is 34.3 Å². The smallest absolute Gasteiger partial charge is 0.336 e. The number of aliphatic hydroxyl groups excluding tert-OH is 2. The molecule has 0 spiro atoms. The quantitative estimate of drug-likeness (QED) is 0.103. The Morgan fingerprint density at radius 1 is 1.06 bits per heavy atom. The lowest BCUT2D eigenvalue weighted by molar-refractivity contribution is -0.307. The largest absolute Gasteiger partial charge is 0.504 e. The number of aromatic hydroxyl groups is 1. The summed E-state index contributed by atoms with van der Waals surface area (Å²) >= 11 is 0. The molecule has 0 bridgehead atoms. The van der Waals surface area contributed by atoms with E-state index in [0.29, 0.717) is 37.4 Å². The summed E-state index contributed by atoms with van der Waals surface area (Å²) in [7, 11) is 1.51. The number of ether oxygens (including phenoxy) is 4. The highest BCUT2D eigenvalue weighted by atomic mass is 16.7. The van der Waals surface area contributed by atoms with E-state index in [4.69, 9.17) is 23.4 Å². The van der Waals surface area contributed by atoms with Crippen molar-refractivity contribution in [3.63, 3.8) is 0 Å². The molecule has 8 unspecified atom stereocenters. The lowest BCUT2D eigenvalue weighted by Gasteiger charge is -2.47. The lowest BCUT2D eigenvalue weighted by atomic mass is 9.79. The van der Waals surface area contributed by atoms with E-state index in [1.54, 1.807) is 24.3 Å². The number of carboxylic acid groups (broad SMARTS) is 1. The molecule has 0 radical (unpaired) electrons. The monoisotopic (exact) mass is 748 g/mol. The van der Waals surface area contributed by atoms with E-state index < -0.39 is 70.7 Å². The molecule has 15 nitrogen and oxygen atoms in total. The third-order valence-corrected chi connectivity index (χ3v) is 10.5. The second-order valence-electron chi connectivity index (χ2n) is 14.3. The summed E-state index contributed by atoms with van der Waals surface area (Å²) in [5, 5.41) is 73.5. The zero-order valence-corrected chi connectivity index (χ0v) is 29.5. The molecule has 15 heteroatoms. The maximum atomic E-state index is 13.6. The van der Waals surface area contributed by atoms with E-state index in [0.717, 1.165) is 12.0 Å². The average molecular weight is 749 g/mol. The normalized spacial score (nSPS) is 29.9. The van der Waals surface area contributed by atoms with E-state index in [1.165, 1.54) is 19.2 Å². The zero-order valence-electron chi connectivity index (χ0n) is 29.5. The minimum absolute atomic E-state index is 0.00699. The van der Waals surface area contributed by atoms with Crippen LogP contribution in [0.4, 0.5) is 0 Å². The van der Waals surface area contributed by atoms with E-state index in [1.807, 2.05) is 30.3 Å². The molecule has 2 saturated heterocycles. The van der Waals surface area contributed by atoms with Crippen molar-refractivity contribution in [1.82, 2.24) is 10.6 Å². The van der Waals surface area contributed by atoms with Crippen LogP contribution in [0.5, 0.6) is 23.0 Å².